The predicted molar refractivity (Wildman–Crippen MR) is 157 cm³/mol. The van der Waals surface area contributed by atoms with E-state index in [1.165, 1.54) is 11.3 Å². The first kappa shape index (κ1) is 27.0. The van der Waals surface area contributed by atoms with Crippen LogP contribution in [0, 0.1) is 0 Å². The van der Waals surface area contributed by atoms with Gasteiger partial charge in [0.1, 0.15) is 11.4 Å². The van der Waals surface area contributed by atoms with Crippen LogP contribution in [0.25, 0.3) is 32.0 Å². The molecule has 1 aliphatic rings. The molecular formula is C32H35NO5S. The van der Waals surface area contributed by atoms with E-state index >= 15 is 0 Å². The third kappa shape index (κ3) is 6.04. The van der Waals surface area contributed by atoms with Crippen molar-refractivity contribution in [2.45, 2.75) is 71.6 Å². The number of nitrogens with one attached hydrogen (secondary N) is 1. The second-order valence-corrected chi connectivity index (χ2v) is 12.0. The van der Waals surface area contributed by atoms with Gasteiger partial charge in [-0.1, -0.05) is 42.5 Å². The molecule has 5 rings (SSSR count). The lowest BCUT2D eigenvalue weighted by atomic mass is 9.96. The SMILES string of the molecule is CCOC(=O)c1c(CNC(=O)OC(C)(C)C)sc2cc(-c3cccc4ccccc34)c(OC3CCCC3)cc12. The maximum Gasteiger partial charge on any atom is 0.407 e. The molecular weight excluding hydrogens is 510 g/mol. The first-order chi connectivity index (χ1) is 18.7. The summed E-state index contributed by atoms with van der Waals surface area (Å²) in [4.78, 5) is 26.3. The van der Waals surface area contributed by atoms with Crippen LogP contribution in [0.3, 0.4) is 0 Å². The molecule has 1 aromatic heterocycles. The number of carbonyl (C=O) groups excluding carboxylic acids is 2. The number of hydrogen-bond donors (Lipinski definition) is 1. The van der Waals surface area contributed by atoms with Crippen LogP contribution in [0.2, 0.25) is 0 Å². The molecule has 0 unspecified atom stereocenters. The fourth-order valence-electron chi connectivity index (χ4n) is 5.15. The number of hydrogen-bond acceptors (Lipinski definition) is 6. The number of esters is 1. The zero-order valence-corrected chi connectivity index (χ0v) is 23.8. The topological polar surface area (TPSA) is 73.9 Å². The average molecular weight is 546 g/mol. The third-order valence-electron chi connectivity index (χ3n) is 6.81. The van der Waals surface area contributed by atoms with Crippen LogP contribution in [0.15, 0.2) is 54.6 Å². The highest BCUT2D eigenvalue weighted by molar-refractivity contribution is 7.19. The minimum Gasteiger partial charge on any atom is -0.490 e. The first-order valence-corrected chi connectivity index (χ1v) is 14.4. The second kappa shape index (κ2) is 11.3. The lowest BCUT2D eigenvalue weighted by Gasteiger charge is -2.19. The largest absolute Gasteiger partial charge is 0.490 e. The normalized spacial score (nSPS) is 14.1. The van der Waals surface area contributed by atoms with Gasteiger partial charge in [0.15, 0.2) is 0 Å². The monoisotopic (exact) mass is 545 g/mol. The zero-order chi connectivity index (χ0) is 27.6. The van der Waals surface area contributed by atoms with E-state index < -0.39 is 17.7 Å². The van der Waals surface area contributed by atoms with Crippen molar-refractivity contribution in [2.75, 3.05) is 6.61 Å². The smallest absolute Gasteiger partial charge is 0.407 e. The predicted octanol–water partition coefficient (Wildman–Crippen LogP) is 8.24. The molecule has 39 heavy (non-hydrogen) atoms. The Morgan fingerprint density at radius 2 is 1.72 bits per heavy atom. The van der Waals surface area contributed by atoms with Crippen molar-refractivity contribution >= 4 is 44.3 Å². The summed E-state index contributed by atoms with van der Waals surface area (Å²) in [6, 6.07) is 18.7. The van der Waals surface area contributed by atoms with Crippen LogP contribution in [0.1, 0.15) is 68.6 Å². The van der Waals surface area contributed by atoms with Gasteiger partial charge in [-0.3, -0.25) is 0 Å². The van der Waals surface area contributed by atoms with Gasteiger partial charge in [-0.2, -0.15) is 0 Å². The number of amides is 1. The summed E-state index contributed by atoms with van der Waals surface area (Å²) in [7, 11) is 0. The van der Waals surface area contributed by atoms with E-state index in [0.29, 0.717) is 5.56 Å². The Bertz CT molecular complexity index is 1510. The van der Waals surface area contributed by atoms with Gasteiger partial charge in [-0.15, -0.1) is 11.3 Å². The molecule has 0 bridgehead atoms. The van der Waals surface area contributed by atoms with E-state index in [1.807, 2.05) is 39.0 Å². The molecule has 6 nitrogen and oxygen atoms in total. The summed E-state index contributed by atoms with van der Waals surface area (Å²) < 4.78 is 18.4. The van der Waals surface area contributed by atoms with Crippen molar-refractivity contribution in [2.24, 2.45) is 0 Å². The number of thiophene rings is 1. The molecule has 0 aliphatic heterocycles. The number of fused-ring (bicyclic) bond motifs is 2. The summed E-state index contributed by atoms with van der Waals surface area (Å²) >= 11 is 1.48. The van der Waals surface area contributed by atoms with E-state index in [0.717, 1.165) is 68.3 Å². The molecule has 1 N–H and O–H groups in total. The highest BCUT2D eigenvalue weighted by atomic mass is 32.1. The summed E-state index contributed by atoms with van der Waals surface area (Å²) in [5, 5.41) is 5.88. The molecule has 1 saturated carbocycles. The Kier molecular flexibility index (Phi) is 7.80. The van der Waals surface area contributed by atoms with Gasteiger partial charge in [0.25, 0.3) is 0 Å². The number of alkyl carbamates (subject to hydrolysis) is 1. The van der Waals surface area contributed by atoms with Gasteiger partial charge in [-0.25, -0.2) is 9.59 Å². The fraction of sp³-hybridized carbons (Fsp3) is 0.375. The van der Waals surface area contributed by atoms with Crippen molar-refractivity contribution in [1.29, 1.82) is 0 Å². The van der Waals surface area contributed by atoms with E-state index in [-0.39, 0.29) is 19.3 Å². The number of carbonyl (C=O) groups is 2. The maximum absolute atomic E-state index is 13.2. The number of rotatable bonds is 7. The Labute approximate surface area is 233 Å². The molecule has 4 aromatic rings. The zero-order valence-electron chi connectivity index (χ0n) is 23.0. The molecule has 204 valence electrons. The van der Waals surface area contributed by atoms with Crippen molar-refractivity contribution in [3.8, 4) is 16.9 Å². The fourth-order valence-corrected chi connectivity index (χ4v) is 6.30. The van der Waals surface area contributed by atoms with Crippen LogP contribution in [-0.2, 0) is 16.0 Å². The number of benzene rings is 3. The van der Waals surface area contributed by atoms with Crippen LogP contribution in [0.4, 0.5) is 4.79 Å². The van der Waals surface area contributed by atoms with E-state index in [4.69, 9.17) is 14.2 Å². The molecule has 0 saturated heterocycles. The van der Waals surface area contributed by atoms with Crippen molar-refractivity contribution in [3.05, 3.63) is 65.0 Å². The lowest BCUT2D eigenvalue weighted by molar-refractivity contribution is 0.0505. The van der Waals surface area contributed by atoms with Gasteiger partial charge in [0, 0.05) is 20.5 Å². The quantitative estimate of drug-likeness (QED) is 0.237. The molecule has 0 atom stereocenters. The lowest BCUT2D eigenvalue weighted by Crippen LogP contribution is -2.32. The van der Waals surface area contributed by atoms with Gasteiger partial charge in [0.2, 0.25) is 0 Å². The summed E-state index contributed by atoms with van der Waals surface area (Å²) in [6.45, 7) is 7.65. The Morgan fingerprint density at radius 1 is 0.974 bits per heavy atom. The highest BCUT2D eigenvalue weighted by Crippen LogP contribution is 2.43. The van der Waals surface area contributed by atoms with E-state index in [2.05, 4.69) is 41.7 Å². The van der Waals surface area contributed by atoms with E-state index in [1.54, 1.807) is 6.92 Å². The molecule has 7 heteroatoms. The van der Waals surface area contributed by atoms with E-state index in [9.17, 15) is 9.59 Å². The Hall–Kier alpha value is -3.58. The standard InChI is InChI=1S/C32H35NO5S/c1-5-36-30(34)29-25-17-26(37-21-13-7-8-14-21)24(23-16-10-12-20-11-6-9-15-22(20)23)18-27(25)39-28(29)19-33-31(35)38-32(2,3)4/h6,9-12,15-18,21H,5,7-8,13-14,19H2,1-4H3,(H,33,35). The van der Waals surface area contributed by atoms with Crippen molar-refractivity contribution in [1.82, 2.24) is 5.32 Å². The first-order valence-electron chi connectivity index (χ1n) is 13.6. The van der Waals surface area contributed by atoms with Gasteiger partial charge in [-0.05, 0) is 81.8 Å². The molecule has 1 aliphatic carbocycles. The Balaban J connectivity index is 1.64. The van der Waals surface area contributed by atoms with Crippen LogP contribution < -0.4 is 10.1 Å². The molecule has 0 spiro atoms. The summed E-state index contributed by atoms with van der Waals surface area (Å²) in [5.41, 5.74) is 1.93. The highest BCUT2D eigenvalue weighted by Gasteiger charge is 2.26. The maximum atomic E-state index is 13.2. The summed E-state index contributed by atoms with van der Waals surface area (Å²) in [5.74, 6) is 0.357. The Morgan fingerprint density at radius 3 is 2.46 bits per heavy atom. The number of ether oxygens (including phenoxy) is 3. The van der Waals surface area contributed by atoms with Gasteiger partial charge in [0.05, 0.1) is 24.8 Å². The molecule has 1 fully saturated rings. The molecule has 1 amide bonds. The van der Waals surface area contributed by atoms with Crippen LogP contribution >= 0.6 is 11.3 Å². The molecule has 1 heterocycles. The summed E-state index contributed by atoms with van der Waals surface area (Å²) in [6.07, 6.45) is 3.97. The molecule has 0 radical (unpaired) electrons. The van der Waals surface area contributed by atoms with Crippen LogP contribution in [0.5, 0.6) is 5.75 Å². The molecule has 3 aromatic carbocycles. The van der Waals surface area contributed by atoms with Crippen LogP contribution in [-0.4, -0.2) is 30.4 Å². The van der Waals surface area contributed by atoms with Crippen molar-refractivity contribution < 1.29 is 23.8 Å². The van der Waals surface area contributed by atoms with Gasteiger partial charge < -0.3 is 19.5 Å². The minimum atomic E-state index is -0.617. The average Bonchev–Trinajstić information content (AvgIpc) is 3.53. The van der Waals surface area contributed by atoms with Crippen molar-refractivity contribution in [3.63, 3.8) is 0 Å². The second-order valence-electron chi connectivity index (χ2n) is 10.9. The third-order valence-corrected chi connectivity index (χ3v) is 7.96. The van der Waals surface area contributed by atoms with Gasteiger partial charge >= 0.3 is 12.1 Å². The minimum absolute atomic E-state index is 0.147.